The highest BCUT2D eigenvalue weighted by Crippen LogP contribution is 2.33. The van der Waals surface area contributed by atoms with Gasteiger partial charge in [0.15, 0.2) is 11.6 Å². The van der Waals surface area contributed by atoms with Crippen LogP contribution in [-0.4, -0.2) is 21.7 Å². The molecule has 0 saturated carbocycles. The number of fused-ring (bicyclic) bond motifs is 1. The largest absolute Gasteiger partial charge is 0.357 e. The maximum absolute atomic E-state index is 12.9. The molecule has 0 radical (unpaired) electrons. The summed E-state index contributed by atoms with van der Waals surface area (Å²) in [5.74, 6) is -0.216. The molecule has 0 aliphatic heterocycles. The van der Waals surface area contributed by atoms with Gasteiger partial charge in [-0.15, -0.1) is 0 Å². The third kappa shape index (κ3) is 3.05. The molecule has 2 aromatic heterocycles. The minimum absolute atomic E-state index is 0.223. The van der Waals surface area contributed by atoms with Crippen LogP contribution in [0, 0.1) is 0 Å². The molecule has 122 valence electrons. The van der Waals surface area contributed by atoms with Crippen LogP contribution in [0.2, 0.25) is 10.0 Å². The summed E-state index contributed by atoms with van der Waals surface area (Å²) in [4.78, 5) is 31.2. The number of anilines is 1. The van der Waals surface area contributed by atoms with Crippen molar-refractivity contribution in [2.75, 3.05) is 5.32 Å². The van der Waals surface area contributed by atoms with Crippen molar-refractivity contribution in [3.8, 4) is 0 Å². The summed E-state index contributed by atoms with van der Waals surface area (Å²) in [7, 11) is 0. The second kappa shape index (κ2) is 6.55. The van der Waals surface area contributed by atoms with Gasteiger partial charge in [0.1, 0.15) is 0 Å². The zero-order valence-corrected chi connectivity index (χ0v) is 15.4. The number of aromatic amines is 1. The van der Waals surface area contributed by atoms with Crippen LogP contribution in [0.5, 0.6) is 0 Å². The Balaban J connectivity index is 2.14. The number of carbonyl (C=O) groups is 2. The Kier molecular flexibility index (Phi) is 4.62. The monoisotopic (exact) mass is 425 g/mol. The predicted molar refractivity (Wildman–Crippen MR) is 98.0 cm³/mol. The Hall–Kier alpha value is -1.89. The molecule has 2 N–H and O–H groups in total. The molecule has 0 bridgehead atoms. The van der Waals surface area contributed by atoms with Crippen LogP contribution in [0.15, 0.2) is 35.1 Å². The molecule has 24 heavy (non-hydrogen) atoms. The zero-order chi connectivity index (χ0) is 17.4. The van der Waals surface area contributed by atoms with Gasteiger partial charge in [-0.05, 0) is 18.2 Å². The summed E-state index contributed by atoms with van der Waals surface area (Å²) in [6.45, 7) is 1.39. The zero-order valence-electron chi connectivity index (χ0n) is 12.3. The van der Waals surface area contributed by atoms with Gasteiger partial charge in [-0.25, -0.2) is 4.98 Å². The average Bonchev–Trinajstić information content (AvgIpc) is 2.90. The van der Waals surface area contributed by atoms with Crippen molar-refractivity contribution >= 4 is 67.5 Å². The van der Waals surface area contributed by atoms with Gasteiger partial charge in [0.05, 0.1) is 21.1 Å². The van der Waals surface area contributed by atoms with Gasteiger partial charge in [-0.1, -0.05) is 39.1 Å². The lowest BCUT2D eigenvalue weighted by Crippen LogP contribution is -2.08. The minimum Gasteiger partial charge on any atom is -0.357 e. The van der Waals surface area contributed by atoms with E-state index in [2.05, 4.69) is 31.2 Å². The molecular weight excluding hydrogens is 417 g/mol. The van der Waals surface area contributed by atoms with Crippen LogP contribution in [0.1, 0.15) is 22.8 Å². The molecule has 0 aliphatic rings. The molecule has 5 nitrogen and oxygen atoms in total. The number of nitrogens with zero attached hydrogens (tertiary/aromatic N) is 1. The standard InChI is InChI=1S/C16H10BrCl2N3O2/c1-7(23)22-16-14-9(2-3-20-16)10(6-21-14)15(24)13-11(18)4-8(17)5-12(13)19/h2-6,21H,1H3,(H,20,22,23). The van der Waals surface area contributed by atoms with Crippen LogP contribution in [0.4, 0.5) is 5.82 Å². The SMILES string of the molecule is CC(=O)Nc1nccc2c(C(=O)c3c(Cl)cc(Br)cc3Cl)c[nH]c12. The van der Waals surface area contributed by atoms with E-state index in [9.17, 15) is 9.59 Å². The van der Waals surface area contributed by atoms with E-state index in [1.54, 1.807) is 24.4 Å². The molecule has 0 fully saturated rings. The molecule has 0 saturated heterocycles. The second-order valence-electron chi connectivity index (χ2n) is 5.04. The molecule has 0 atom stereocenters. The highest BCUT2D eigenvalue weighted by Gasteiger charge is 2.21. The lowest BCUT2D eigenvalue weighted by molar-refractivity contribution is -0.114. The minimum atomic E-state index is -0.316. The number of hydrogen-bond acceptors (Lipinski definition) is 3. The Morgan fingerprint density at radius 3 is 2.54 bits per heavy atom. The number of nitrogens with one attached hydrogen (secondary N) is 2. The quantitative estimate of drug-likeness (QED) is 0.589. The summed E-state index contributed by atoms with van der Waals surface area (Å²) in [5.41, 5.74) is 1.17. The first kappa shape index (κ1) is 17.0. The van der Waals surface area contributed by atoms with Crippen molar-refractivity contribution < 1.29 is 9.59 Å². The topological polar surface area (TPSA) is 74.8 Å². The number of pyridine rings is 1. The molecule has 8 heteroatoms. The Morgan fingerprint density at radius 2 is 1.92 bits per heavy atom. The van der Waals surface area contributed by atoms with Gasteiger partial charge in [0, 0.05) is 34.7 Å². The summed E-state index contributed by atoms with van der Waals surface area (Å²) < 4.78 is 0.685. The third-order valence-corrected chi connectivity index (χ3v) is 4.43. The van der Waals surface area contributed by atoms with E-state index in [0.29, 0.717) is 26.8 Å². The van der Waals surface area contributed by atoms with Gasteiger partial charge in [-0.3, -0.25) is 9.59 Å². The molecule has 3 rings (SSSR count). The molecule has 1 amide bonds. The van der Waals surface area contributed by atoms with Crippen LogP contribution in [-0.2, 0) is 4.79 Å². The van der Waals surface area contributed by atoms with Crippen LogP contribution in [0.3, 0.4) is 0 Å². The normalized spacial score (nSPS) is 10.8. The highest BCUT2D eigenvalue weighted by atomic mass is 79.9. The number of benzene rings is 1. The number of aromatic nitrogens is 2. The Bertz CT molecular complexity index is 962. The molecule has 3 aromatic rings. The number of H-pyrrole nitrogens is 1. The number of amides is 1. The van der Waals surface area contributed by atoms with Crippen LogP contribution in [0.25, 0.3) is 10.9 Å². The summed E-state index contributed by atoms with van der Waals surface area (Å²) in [6.07, 6.45) is 3.07. The van der Waals surface area contributed by atoms with Gasteiger partial charge < -0.3 is 10.3 Å². The van der Waals surface area contributed by atoms with Gasteiger partial charge in [-0.2, -0.15) is 0 Å². The third-order valence-electron chi connectivity index (χ3n) is 3.37. The van der Waals surface area contributed by atoms with E-state index in [4.69, 9.17) is 23.2 Å². The summed E-state index contributed by atoms with van der Waals surface area (Å²) >= 11 is 15.6. The van der Waals surface area contributed by atoms with Crippen LogP contribution >= 0.6 is 39.1 Å². The average molecular weight is 427 g/mol. The number of rotatable bonds is 3. The maximum atomic E-state index is 12.9. The van der Waals surface area contributed by atoms with Crippen molar-refractivity contribution in [3.05, 3.63) is 56.2 Å². The van der Waals surface area contributed by atoms with Crippen molar-refractivity contribution in [2.45, 2.75) is 6.92 Å². The number of ketones is 1. The van der Waals surface area contributed by atoms with Crippen LogP contribution < -0.4 is 5.32 Å². The molecule has 1 aromatic carbocycles. The molecular formula is C16H10BrCl2N3O2. The van der Waals surface area contributed by atoms with E-state index >= 15 is 0 Å². The second-order valence-corrected chi connectivity index (χ2v) is 6.77. The molecule has 2 heterocycles. The Morgan fingerprint density at radius 1 is 1.25 bits per heavy atom. The molecule has 0 spiro atoms. The lowest BCUT2D eigenvalue weighted by Gasteiger charge is -2.07. The lowest BCUT2D eigenvalue weighted by atomic mass is 10.0. The van der Waals surface area contributed by atoms with Gasteiger partial charge in [0.2, 0.25) is 5.91 Å². The fourth-order valence-electron chi connectivity index (χ4n) is 2.40. The maximum Gasteiger partial charge on any atom is 0.222 e. The fraction of sp³-hybridized carbons (Fsp3) is 0.0625. The predicted octanol–water partition coefficient (Wildman–Crippen LogP) is 4.82. The number of carbonyl (C=O) groups excluding carboxylic acids is 2. The fourth-order valence-corrected chi connectivity index (χ4v) is 3.78. The van der Waals surface area contributed by atoms with E-state index in [1.807, 2.05) is 0 Å². The first-order valence-electron chi connectivity index (χ1n) is 6.81. The summed E-state index contributed by atoms with van der Waals surface area (Å²) in [5, 5.41) is 3.75. The van der Waals surface area contributed by atoms with E-state index in [-0.39, 0.29) is 27.3 Å². The van der Waals surface area contributed by atoms with E-state index < -0.39 is 0 Å². The van der Waals surface area contributed by atoms with Crippen molar-refractivity contribution in [1.82, 2.24) is 9.97 Å². The number of hydrogen-bond donors (Lipinski definition) is 2. The first-order chi connectivity index (χ1) is 11.4. The van der Waals surface area contributed by atoms with E-state index in [1.165, 1.54) is 13.1 Å². The van der Waals surface area contributed by atoms with Crippen molar-refractivity contribution in [2.24, 2.45) is 0 Å². The highest BCUT2D eigenvalue weighted by molar-refractivity contribution is 9.10. The van der Waals surface area contributed by atoms with Crippen molar-refractivity contribution in [1.29, 1.82) is 0 Å². The smallest absolute Gasteiger partial charge is 0.222 e. The number of halogens is 3. The first-order valence-corrected chi connectivity index (χ1v) is 8.36. The van der Waals surface area contributed by atoms with Crippen molar-refractivity contribution in [3.63, 3.8) is 0 Å². The Labute approximate surface area is 155 Å². The molecule has 0 aliphatic carbocycles. The van der Waals surface area contributed by atoms with Gasteiger partial charge in [0.25, 0.3) is 0 Å². The van der Waals surface area contributed by atoms with Gasteiger partial charge >= 0.3 is 0 Å². The van der Waals surface area contributed by atoms with E-state index in [0.717, 1.165) is 0 Å². The molecule has 0 unspecified atom stereocenters. The summed E-state index contributed by atoms with van der Waals surface area (Å²) in [6, 6.07) is 4.91.